The van der Waals surface area contributed by atoms with Crippen molar-refractivity contribution < 1.29 is 9.18 Å². The molecule has 120 valence electrons. The molecule has 1 amide bonds. The number of pyridine rings is 1. The lowest BCUT2D eigenvalue weighted by atomic mass is 9.87. The average Bonchev–Trinajstić information content (AvgIpc) is 2.98. The largest absolute Gasteiger partial charge is 0.309 e. The molecule has 0 aliphatic carbocycles. The first-order valence-corrected chi connectivity index (χ1v) is 7.75. The number of amides is 1. The summed E-state index contributed by atoms with van der Waals surface area (Å²) >= 11 is 5.90. The number of rotatable bonds is 2. The number of benzene rings is 1. The summed E-state index contributed by atoms with van der Waals surface area (Å²) in [5.41, 5.74) is 2.86. The number of hydrogen-bond donors (Lipinski definition) is 2. The molecule has 1 aliphatic rings. The van der Waals surface area contributed by atoms with E-state index in [0.29, 0.717) is 22.1 Å². The number of carbonyl (C=O) groups is 1. The molecule has 0 saturated carbocycles. The number of H-pyrrole nitrogens is 1. The maximum atomic E-state index is 13.6. The van der Waals surface area contributed by atoms with Gasteiger partial charge >= 0.3 is 0 Å². The lowest BCUT2D eigenvalue weighted by Crippen LogP contribution is -2.23. The molecule has 7 heteroatoms. The van der Waals surface area contributed by atoms with Gasteiger partial charge in [-0.15, -0.1) is 0 Å². The summed E-state index contributed by atoms with van der Waals surface area (Å²) in [6.45, 7) is 0. The number of halogens is 2. The standard InChI is InChI=1S/C17H12ClFN4O/c18-10-4-5-13(20-8-10)12-7-14(24)21-17-15(12)16(22-23-17)9-2-1-3-11(19)6-9/h1-6,8,12H,7H2,(H2,21,22,23,24). The monoisotopic (exact) mass is 342 g/mol. The van der Waals surface area contributed by atoms with E-state index in [4.69, 9.17) is 11.6 Å². The van der Waals surface area contributed by atoms with Crippen LogP contribution in [0.4, 0.5) is 10.2 Å². The van der Waals surface area contributed by atoms with Crippen molar-refractivity contribution in [2.75, 3.05) is 5.32 Å². The van der Waals surface area contributed by atoms with Gasteiger partial charge in [0.05, 0.1) is 10.7 Å². The Morgan fingerprint density at radius 1 is 1.25 bits per heavy atom. The van der Waals surface area contributed by atoms with E-state index in [0.717, 1.165) is 11.3 Å². The van der Waals surface area contributed by atoms with E-state index in [9.17, 15) is 9.18 Å². The molecule has 3 heterocycles. The lowest BCUT2D eigenvalue weighted by Gasteiger charge is -2.22. The quantitative estimate of drug-likeness (QED) is 0.745. The van der Waals surface area contributed by atoms with Crippen LogP contribution in [0.2, 0.25) is 5.02 Å². The molecule has 3 aromatic rings. The zero-order chi connectivity index (χ0) is 16.7. The number of aromatic amines is 1. The van der Waals surface area contributed by atoms with Crippen molar-refractivity contribution in [3.05, 3.63) is 64.7 Å². The van der Waals surface area contributed by atoms with Crippen molar-refractivity contribution >= 4 is 23.3 Å². The van der Waals surface area contributed by atoms with Crippen LogP contribution in [0.1, 0.15) is 23.6 Å². The highest BCUT2D eigenvalue weighted by Crippen LogP contribution is 2.41. The van der Waals surface area contributed by atoms with Crippen LogP contribution in [0.3, 0.4) is 0 Å². The molecular weight excluding hydrogens is 331 g/mol. The highest BCUT2D eigenvalue weighted by molar-refractivity contribution is 6.30. The maximum Gasteiger partial charge on any atom is 0.226 e. The zero-order valence-corrected chi connectivity index (χ0v) is 13.1. The molecule has 0 saturated heterocycles. The predicted molar refractivity (Wildman–Crippen MR) is 88.3 cm³/mol. The van der Waals surface area contributed by atoms with Gasteiger partial charge in [0.2, 0.25) is 5.91 Å². The summed E-state index contributed by atoms with van der Waals surface area (Å²) in [6, 6.07) is 9.76. The molecule has 4 rings (SSSR count). The Morgan fingerprint density at radius 2 is 2.12 bits per heavy atom. The Labute approximate surface area is 141 Å². The molecule has 2 aromatic heterocycles. The van der Waals surface area contributed by atoms with Crippen molar-refractivity contribution in [3.63, 3.8) is 0 Å². The molecule has 0 fully saturated rings. The van der Waals surface area contributed by atoms with Crippen LogP contribution in [0.15, 0.2) is 42.6 Å². The molecular formula is C17H12ClFN4O. The fraction of sp³-hybridized carbons (Fsp3) is 0.118. The molecule has 24 heavy (non-hydrogen) atoms. The molecule has 1 atom stereocenters. The SMILES string of the molecule is O=C1CC(c2ccc(Cl)cn2)c2c(n[nH]c2-c2cccc(F)c2)N1. The topological polar surface area (TPSA) is 70.7 Å². The van der Waals surface area contributed by atoms with Gasteiger partial charge in [-0.05, 0) is 24.3 Å². The van der Waals surface area contributed by atoms with Crippen molar-refractivity contribution in [1.82, 2.24) is 15.2 Å². The Morgan fingerprint density at radius 3 is 2.88 bits per heavy atom. The molecule has 5 nitrogen and oxygen atoms in total. The van der Waals surface area contributed by atoms with Gasteiger partial charge in [0.1, 0.15) is 5.82 Å². The van der Waals surface area contributed by atoms with Gasteiger partial charge in [-0.2, -0.15) is 5.10 Å². The molecule has 2 N–H and O–H groups in total. The highest BCUT2D eigenvalue weighted by atomic mass is 35.5. The third-order valence-corrected chi connectivity index (χ3v) is 4.24. The van der Waals surface area contributed by atoms with Gasteiger partial charge in [-0.3, -0.25) is 14.9 Å². The molecule has 0 spiro atoms. The van der Waals surface area contributed by atoms with Crippen LogP contribution < -0.4 is 5.32 Å². The summed E-state index contributed by atoms with van der Waals surface area (Å²) < 4.78 is 13.6. The lowest BCUT2D eigenvalue weighted by molar-refractivity contribution is -0.116. The molecule has 0 bridgehead atoms. The third kappa shape index (κ3) is 2.55. The fourth-order valence-corrected chi connectivity index (χ4v) is 3.08. The van der Waals surface area contributed by atoms with Crippen LogP contribution in [0.25, 0.3) is 11.3 Å². The highest BCUT2D eigenvalue weighted by Gasteiger charge is 2.32. The average molecular weight is 343 g/mol. The number of fused-ring (bicyclic) bond motifs is 1. The summed E-state index contributed by atoms with van der Waals surface area (Å²) in [5.74, 6) is -0.297. The number of nitrogens with zero attached hydrogens (tertiary/aromatic N) is 2. The Bertz CT molecular complexity index is 923. The minimum absolute atomic E-state index is 0.137. The van der Waals surface area contributed by atoms with Crippen molar-refractivity contribution in [3.8, 4) is 11.3 Å². The predicted octanol–water partition coefficient (Wildman–Crippen LogP) is 3.74. The van der Waals surface area contributed by atoms with Crippen LogP contribution in [0.5, 0.6) is 0 Å². The normalized spacial score (nSPS) is 16.6. The first-order chi connectivity index (χ1) is 11.6. The molecule has 1 aliphatic heterocycles. The van der Waals surface area contributed by atoms with Gasteiger partial charge < -0.3 is 5.32 Å². The number of nitrogens with one attached hydrogen (secondary N) is 2. The van der Waals surface area contributed by atoms with E-state index in [1.54, 1.807) is 30.5 Å². The number of aromatic nitrogens is 3. The van der Waals surface area contributed by atoms with E-state index < -0.39 is 0 Å². The van der Waals surface area contributed by atoms with Crippen LogP contribution in [0, 0.1) is 5.82 Å². The van der Waals surface area contributed by atoms with Crippen LogP contribution >= 0.6 is 11.6 Å². The van der Waals surface area contributed by atoms with E-state index in [1.165, 1.54) is 12.1 Å². The van der Waals surface area contributed by atoms with Gasteiger partial charge in [0, 0.05) is 35.4 Å². The van der Waals surface area contributed by atoms with Crippen molar-refractivity contribution in [2.24, 2.45) is 0 Å². The summed E-state index contributed by atoms with van der Waals surface area (Å²) in [6.07, 6.45) is 1.79. The first kappa shape index (κ1) is 14.8. The minimum atomic E-state index is -0.336. The van der Waals surface area contributed by atoms with Crippen LogP contribution in [-0.2, 0) is 4.79 Å². The van der Waals surface area contributed by atoms with Crippen molar-refractivity contribution in [1.29, 1.82) is 0 Å². The number of anilines is 1. The molecule has 1 unspecified atom stereocenters. The fourth-order valence-electron chi connectivity index (χ4n) is 2.97. The number of carbonyl (C=O) groups excluding carboxylic acids is 1. The van der Waals surface area contributed by atoms with E-state index in [1.807, 2.05) is 0 Å². The summed E-state index contributed by atoms with van der Waals surface area (Å²) in [4.78, 5) is 16.3. The minimum Gasteiger partial charge on any atom is -0.309 e. The second kappa shape index (κ2) is 5.72. The molecule has 1 aromatic carbocycles. The van der Waals surface area contributed by atoms with E-state index in [-0.39, 0.29) is 24.1 Å². The third-order valence-electron chi connectivity index (χ3n) is 4.02. The van der Waals surface area contributed by atoms with Gasteiger partial charge in [0.25, 0.3) is 0 Å². The molecule has 0 radical (unpaired) electrons. The van der Waals surface area contributed by atoms with Gasteiger partial charge in [0.15, 0.2) is 5.82 Å². The summed E-state index contributed by atoms with van der Waals surface area (Å²) in [7, 11) is 0. The second-order valence-corrected chi connectivity index (χ2v) is 6.01. The van der Waals surface area contributed by atoms with Crippen LogP contribution in [-0.4, -0.2) is 21.1 Å². The van der Waals surface area contributed by atoms with E-state index in [2.05, 4.69) is 20.5 Å². The zero-order valence-electron chi connectivity index (χ0n) is 12.4. The Hall–Kier alpha value is -2.73. The van der Waals surface area contributed by atoms with Gasteiger partial charge in [-0.1, -0.05) is 23.7 Å². The maximum absolute atomic E-state index is 13.6. The second-order valence-electron chi connectivity index (χ2n) is 5.58. The van der Waals surface area contributed by atoms with E-state index >= 15 is 0 Å². The Kier molecular flexibility index (Phi) is 3.54. The van der Waals surface area contributed by atoms with Crippen molar-refractivity contribution in [2.45, 2.75) is 12.3 Å². The van der Waals surface area contributed by atoms with Gasteiger partial charge in [-0.25, -0.2) is 4.39 Å². The smallest absolute Gasteiger partial charge is 0.226 e. The number of hydrogen-bond acceptors (Lipinski definition) is 3. The summed E-state index contributed by atoms with van der Waals surface area (Å²) in [5, 5.41) is 10.4. The Balaban J connectivity index is 1.87. The first-order valence-electron chi connectivity index (χ1n) is 7.37.